The highest BCUT2D eigenvalue weighted by Gasteiger charge is 2.16. The first-order valence-corrected chi connectivity index (χ1v) is 6.31. The first kappa shape index (κ1) is 15.1. The third kappa shape index (κ3) is 5.98. The van der Waals surface area contributed by atoms with Crippen molar-refractivity contribution in [1.82, 2.24) is 19.7 Å². The summed E-state index contributed by atoms with van der Waals surface area (Å²) in [6.07, 6.45) is 3.25. The number of carbonyl (C=O) groups excluding carboxylic acids is 1. The molecule has 0 bridgehead atoms. The molecular weight excluding hydrogens is 248 g/mol. The zero-order valence-electron chi connectivity index (χ0n) is 11.3. The first-order chi connectivity index (χ1) is 8.99. The number of hydrogen-bond donors (Lipinski definition) is 1. The van der Waals surface area contributed by atoms with E-state index in [1.165, 1.54) is 6.33 Å². The van der Waals surface area contributed by atoms with Crippen LogP contribution in [0.1, 0.15) is 26.7 Å². The zero-order valence-corrected chi connectivity index (χ0v) is 11.3. The summed E-state index contributed by atoms with van der Waals surface area (Å²) < 4.78 is 1.59. The Labute approximate surface area is 112 Å². The van der Waals surface area contributed by atoms with Gasteiger partial charge in [0.2, 0.25) is 5.91 Å². The van der Waals surface area contributed by atoms with Gasteiger partial charge in [-0.25, -0.2) is 4.98 Å². The van der Waals surface area contributed by atoms with Crippen molar-refractivity contribution in [2.75, 3.05) is 13.1 Å². The molecule has 0 saturated heterocycles. The van der Waals surface area contributed by atoms with Crippen LogP contribution in [0.3, 0.4) is 0 Å². The van der Waals surface area contributed by atoms with Crippen molar-refractivity contribution in [2.45, 2.75) is 33.2 Å². The number of aryl methyl sites for hydroxylation is 1. The van der Waals surface area contributed by atoms with E-state index in [2.05, 4.69) is 10.1 Å². The quantitative estimate of drug-likeness (QED) is 0.747. The van der Waals surface area contributed by atoms with Crippen molar-refractivity contribution in [1.29, 1.82) is 0 Å². The maximum absolute atomic E-state index is 12.1. The van der Waals surface area contributed by atoms with Crippen molar-refractivity contribution < 1.29 is 14.7 Å². The molecule has 1 N–H and O–H groups in total. The number of hydrogen-bond acceptors (Lipinski definition) is 4. The zero-order chi connectivity index (χ0) is 14.3. The van der Waals surface area contributed by atoms with Gasteiger partial charge in [-0.1, -0.05) is 13.8 Å². The average molecular weight is 268 g/mol. The highest BCUT2D eigenvalue weighted by Crippen LogP contribution is 2.04. The van der Waals surface area contributed by atoms with Gasteiger partial charge in [0.25, 0.3) is 0 Å². The summed E-state index contributed by atoms with van der Waals surface area (Å²) in [5.74, 6) is -0.632. The van der Waals surface area contributed by atoms with Crippen LogP contribution in [-0.4, -0.2) is 49.7 Å². The summed E-state index contributed by atoms with van der Waals surface area (Å²) in [7, 11) is 0. The molecule has 0 atom stereocenters. The van der Waals surface area contributed by atoms with E-state index in [0.29, 0.717) is 25.4 Å². The smallest absolute Gasteiger partial charge is 0.305 e. The second kappa shape index (κ2) is 7.50. The lowest BCUT2D eigenvalue weighted by Crippen LogP contribution is -2.36. The fraction of sp³-hybridized carbons (Fsp3) is 0.667. The van der Waals surface area contributed by atoms with Crippen LogP contribution in [0.25, 0.3) is 0 Å². The Morgan fingerprint density at radius 3 is 2.63 bits per heavy atom. The number of rotatable bonds is 8. The van der Waals surface area contributed by atoms with Crippen molar-refractivity contribution in [3.63, 3.8) is 0 Å². The molecule has 0 aliphatic rings. The van der Waals surface area contributed by atoms with Gasteiger partial charge in [-0.15, -0.1) is 0 Å². The molecule has 0 saturated carbocycles. The lowest BCUT2D eigenvalue weighted by atomic mass is 10.2. The van der Waals surface area contributed by atoms with E-state index >= 15 is 0 Å². The molecule has 0 aliphatic carbocycles. The molecule has 0 spiro atoms. The maximum Gasteiger partial charge on any atom is 0.305 e. The number of nitrogens with zero attached hydrogens (tertiary/aromatic N) is 4. The second-order valence-electron chi connectivity index (χ2n) is 4.79. The number of carboxylic acid groups (broad SMARTS) is 1. The second-order valence-corrected chi connectivity index (χ2v) is 4.79. The fourth-order valence-corrected chi connectivity index (χ4v) is 1.71. The number of aromatic nitrogens is 3. The maximum atomic E-state index is 12.1. The van der Waals surface area contributed by atoms with Crippen LogP contribution in [0.15, 0.2) is 12.7 Å². The summed E-state index contributed by atoms with van der Waals surface area (Å²) in [5, 5.41) is 12.6. The normalized spacial score (nSPS) is 10.7. The highest BCUT2D eigenvalue weighted by molar-refractivity contribution is 5.77. The molecule has 7 heteroatoms. The predicted molar refractivity (Wildman–Crippen MR) is 68.3 cm³/mol. The Kier molecular flexibility index (Phi) is 5.98. The van der Waals surface area contributed by atoms with Crippen molar-refractivity contribution in [3.8, 4) is 0 Å². The molecule has 1 amide bonds. The van der Waals surface area contributed by atoms with Gasteiger partial charge in [-0.2, -0.15) is 5.10 Å². The van der Waals surface area contributed by atoms with Gasteiger partial charge in [-0.05, 0) is 5.92 Å². The van der Waals surface area contributed by atoms with Crippen LogP contribution in [0.2, 0.25) is 0 Å². The average Bonchev–Trinajstić information content (AvgIpc) is 2.83. The largest absolute Gasteiger partial charge is 0.481 e. The molecule has 0 aliphatic heterocycles. The summed E-state index contributed by atoms with van der Waals surface area (Å²) in [6, 6.07) is 0. The van der Waals surface area contributed by atoms with Crippen LogP contribution in [0, 0.1) is 5.92 Å². The summed E-state index contributed by atoms with van der Waals surface area (Å²) in [6.45, 7) is 5.28. The molecule has 1 aromatic rings. The van der Waals surface area contributed by atoms with Crippen LogP contribution < -0.4 is 0 Å². The van der Waals surface area contributed by atoms with Crippen LogP contribution >= 0.6 is 0 Å². The Balaban J connectivity index is 2.47. The lowest BCUT2D eigenvalue weighted by Gasteiger charge is -2.24. The van der Waals surface area contributed by atoms with E-state index in [9.17, 15) is 9.59 Å². The minimum Gasteiger partial charge on any atom is -0.481 e. The van der Waals surface area contributed by atoms with Gasteiger partial charge in [0.1, 0.15) is 12.7 Å². The van der Waals surface area contributed by atoms with Crippen LogP contribution in [0.4, 0.5) is 0 Å². The molecule has 0 unspecified atom stereocenters. The minimum atomic E-state index is -0.891. The van der Waals surface area contributed by atoms with E-state index in [0.717, 1.165) is 0 Å². The number of carbonyl (C=O) groups is 2. The standard InChI is InChI=1S/C12H20N4O3/c1-10(2)7-15(5-4-12(18)19)11(17)3-6-16-9-13-8-14-16/h8-10H,3-7H2,1-2H3,(H,18,19). The monoisotopic (exact) mass is 268 g/mol. The number of aliphatic carboxylic acids is 1. The molecule has 1 rings (SSSR count). The van der Waals surface area contributed by atoms with Crippen LogP contribution in [-0.2, 0) is 16.1 Å². The van der Waals surface area contributed by atoms with E-state index in [-0.39, 0.29) is 18.9 Å². The Morgan fingerprint density at radius 2 is 2.11 bits per heavy atom. The topological polar surface area (TPSA) is 88.3 Å². The number of amides is 1. The Morgan fingerprint density at radius 1 is 1.37 bits per heavy atom. The fourth-order valence-electron chi connectivity index (χ4n) is 1.71. The van der Waals surface area contributed by atoms with E-state index < -0.39 is 5.97 Å². The number of carboxylic acids is 1. The summed E-state index contributed by atoms with van der Waals surface area (Å²) in [4.78, 5) is 28.1. The Hall–Kier alpha value is -1.92. The summed E-state index contributed by atoms with van der Waals surface area (Å²) in [5.41, 5.74) is 0. The Bertz CT molecular complexity index is 403. The van der Waals surface area contributed by atoms with E-state index in [1.807, 2.05) is 13.8 Å². The molecule has 0 aromatic carbocycles. The van der Waals surface area contributed by atoms with Crippen molar-refractivity contribution >= 4 is 11.9 Å². The van der Waals surface area contributed by atoms with Gasteiger partial charge >= 0.3 is 5.97 Å². The van der Waals surface area contributed by atoms with Crippen molar-refractivity contribution in [2.24, 2.45) is 5.92 Å². The van der Waals surface area contributed by atoms with Gasteiger partial charge < -0.3 is 10.0 Å². The summed E-state index contributed by atoms with van der Waals surface area (Å²) >= 11 is 0. The third-order valence-electron chi connectivity index (χ3n) is 2.56. The lowest BCUT2D eigenvalue weighted by molar-refractivity contribution is -0.138. The molecule has 1 aromatic heterocycles. The third-order valence-corrected chi connectivity index (χ3v) is 2.56. The van der Waals surface area contributed by atoms with E-state index in [4.69, 9.17) is 5.11 Å². The van der Waals surface area contributed by atoms with Crippen molar-refractivity contribution in [3.05, 3.63) is 12.7 Å². The van der Waals surface area contributed by atoms with Gasteiger partial charge in [0, 0.05) is 19.5 Å². The molecule has 19 heavy (non-hydrogen) atoms. The minimum absolute atomic E-state index is 0.0260. The molecule has 1 heterocycles. The molecule has 0 fully saturated rings. The van der Waals surface area contributed by atoms with E-state index in [1.54, 1.807) is 15.9 Å². The van der Waals surface area contributed by atoms with Gasteiger partial charge in [-0.3, -0.25) is 14.3 Å². The molecular formula is C12H20N4O3. The van der Waals surface area contributed by atoms with Crippen LogP contribution in [0.5, 0.6) is 0 Å². The molecule has 106 valence electrons. The predicted octanol–water partition coefficient (Wildman–Crippen LogP) is 0.627. The molecule has 7 nitrogen and oxygen atoms in total. The molecule has 0 radical (unpaired) electrons. The van der Waals surface area contributed by atoms with Gasteiger partial charge in [0.05, 0.1) is 13.0 Å². The first-order valence-electron chi connectivity index (χ1n) is 6.31. The SMILES string of the molecule is CC(C)CN(CCC(=O)O)C(=O)CCn1cncn1. The highest BCUT2D eigenvalue weighted by atomic mass is 16.4. The van der Waals surface area contributed by atoms with Gasteiger partial charge in [0.15, 0.2) is 0 Å².